The van der Waals surface area contributed by atoms with E-state index in [9.17, 15) is 29.6 Å². The molecule has 1 aliphatic carbocycles. The molecule has 0 bridgehead atoms. The van der Waals surface area contributed by atoms with Crippen molar-refractivity contribution in [1.82, 2.24) is 5.32 Å². The number of nitrogens with zero attached hydrogens (tertiary/aromatic N) is 2. The number of anilines is 2. The largest absolute Gasteiger partial charge is 0.479 e. The van der Waals surface area contributed by atoms with Crippen LogP contribution in [-0.2, 0) is 11.3 Å². The molecule has 0 fully saturated rings. The predicted octanol–water partition coefficient (Wildman–Crippen LogP) is 4.97. The number of nitrogens with one attached hydrogen (secondary N) is 2. The van der Waals surface area contributed by atoms with Gasteiger partial charge in [0.2, 0.25) is 0 Å². The van der Waals surface area contributed by atoms with Crippen molar-refractivity contribution in [3.63, 3.8) is 0 Å². The Labute approximate surface area is 236 Å². The van der Waals surface area contributed by atoms with Gasteiger partial charge >= 0.3 is 12.0 Å². The Morgan fingerprint density at radius 2 is 1.73 bits per heavy atom. The third-order valence-corrected chi connectivity index (χ3v) is 6.69. The summed E-state index contributed by atoms with van der Waals surface area (Å²) in [6.45, 7) is -0.309. The van der Waals surface area contributed by atoms with E-state index in [0.717, 1.165) is 24.8 Å². The summed E-state index contributed by atoms with van der Waals surface area (Å²) in [6, 6.07) is 19.2. The molecule has 0 aliphatic heterocycles. The van der Waals surface area contributed by atoms with Crippen LogP contribution in [0.2, 0.25) is 0 Å². The van der Waals surface area contributed by atoms with E-state index >= 15 is 0 Å². The van der Waals surface area contributed by atoms with Crippen LogP contribution in [0.3, 0.4) is 0 Å². The second-order valence-electron chi connectivity index (χ2n) is 9.61. The molecule has 0 saturated carbocycles. The van der Waals surface area contributed by atoms with E-state index in [1.54, 1.807) is 18.2 Å². The number of rotatable bonds is 10. The molecule has 0 radical (unpaired) electrons. The molecule has 0 spiro atoms. The third kappa shape index (κ3) is 7.76. The Hall–Kier alpha value is -5.03. The number of allylic oxidation sites excluding steroid dienone is 2. The molecular formula is C30H30N4O7. The zero-order valence-corrected chi connectivity index (χ0v) is 22.2. The molecule has 1 atom stereocenters. The average Bonchev–Trinajstić information content (AvgIpc) is 2.99. The number of urea groups is 1. The maximum atomic E-state index is 13.5. The Bertz CT molecular complexity index is 1450. The molecule has 3 amide bonds. The lowest BCUT2D eigenvalue weighted by molar-refractivity contribution is -0.384. The van der Waals surface area contributed by atoms with E-state index in [4.69, 9.17) is 5.11 Å². The summed E-state index contributed by atoms with van der Waals surface area (Å²) in [5.74, 6) is -1.99. The summed E-state index contributed by atoms with van der Waals surface area (Å²) in [6.07, 6.45) is 4.90. The van der Waals surface area contributed by atoms with Crippen LogP contribution in [0.15, 0.2) is 78.9 Å². The lowest BCUT2D eigenvalue weighted by atomic mass is 9.93. The van der Waals surface area contributed by atoms with Gasteiger partial charge in [-0.25, -0.2) is 9.59 Å². The van der Waals surface area contributed by atoms with Crippen molar-refractivity contribution < 1.29 is 29.5 Å². The molecule has 1 aliphatic rings. The average molecular weight is 559 g/mol. The van der Waals surface area contributed by atoms with Crippen molar-refractivity contribution in [3.8, 4) is 0 Å². The number of amides is 3. The predicted molar refractivity (Wildman–Crippen MR) is 154 cm³/mol. The second kappa shape index (κ2) is 13.4. The number of carboxylic acid groups (broad SMARTS) is 1. The van der Waals surface area contributed by atoms with Gasteiger partial charge in [-0.1, -0.05) is 36.4 Å². The van der Waals surface area contributed by atoms with Gasteiger partial charge in [-0.15, -0.1) is 0 Å². The second-order valence-corrected chi connectivity index (χ2v) is 9.61. The van der Waals surface area contributed by atoms with Crippen LogP contribution in [0.25, 0.3) is 5.57 Å². The van der Waals surface area contributed by atoms with Gasteiger partial charge < -0.3 is 20.8 Å². The fourth-order valence-electron chi connectivity index (χ4n) is 4.45. The van der Waals surface area contributed by atoms with E-state index in [2.05, 4.69) is 16.7 Å². The number of non-ortho nitro benzene ring substituents is 1. The molecule has 0 unspecified atom stereocenters. The molecule has 11 nitrogen and oxygen atoms in total. The molecule has 11 heteroatoms. The number of nitro groups is 1. The first kappa shape index (κ1) is 29.0. The minimum atomic E-state index is -1.71. The molecule has 3 aromatic carbocycles. The van der Waals surface area contributed by atoms with Gasteiger partial charge in [0, 0.05) is 29.1 Å². The van der Waals surface area contributed by atoms with Crippen molar-refractivity contribution in [2.45, 2.75) is 38.3 Å². The zero-order chi connectivity index (χ0) is 29.4. The number of nitro benzene ring substituents is 1. The number of aliphatic hydroxyl groups excluding tert-OH is 1. The summed E-state index contributed by atoms with van der Waals surface area (Å²) < 4.78 is 0. The first-order chi connectivity index (χ1) is 19.7. The molecule has 41 heavy (non-hydrogen) atoms. The van der Waals surface area contributed by atoms with Crippen LogP contribution in [0.5, 0.6) is 0 Å². The number of aliphatic carboxylic acids is 1. The smallest absolute Gasteiger partial charge is 0.334 e. The quantitative estimate of drug-likeness (QED) is 0.202. The highest BCUT2D eigenvalue weighted by Gasteiger charge is 2.19. The van der Waals surface area contributed by atoms with Crippen LogP contribution >= 0.6 is 0 Å². The molecule has 0 heterocycles. The highest BCUT2D eigenvalue weighted by atomic mass is 16.6. The van der Waals surface area contributed by atoms with Gasteiger partial charge in [0.05, 0.1) is 18.0 Å². The lowest BCUT2D eigenvalue weighted by Crippen LogP contribution is -2.36. The van der Waals surface area contributed by atoms with E-state index in [-0.39, 0.29) is 23.5 Å². The minimum Gasteiger partial charge on any atom is -0.479 e. The monoisotopic (exact) mass is 558 g/mol. The highest BCUT2D eigenvalue weighted by molar-refractivity contribution is 6.02. The van der Waals surface area contributed by atoms with Gasteiger partial charge in [0.25, 0.3) is 11.6 Å². The standard InChI is InChI=1S/C30H30N4O7/c35-27(29(37)38)18-31-28(36)23-11-9-20(10-12-23)19-33(30(39)32-24-7-4-8-26(17-24)34(40)41)25-15-13-22(14-16-25)21-5-2-1-3-6-21/h4-5,7-17,27,35H,1-3,6,18-19H2,(H,31,36)(H,32,39)(H,37,38)/t27-/m1/s1. The fraction of sp³-hybridized carbons (Fsp3) is 0.233. The van der Waals surface area contributed by atoms with Crippen LogP contribution < -0.4 is 15.5 Å². The molecule has 0 saturated heterocycles. The Kier molecular flexibility index (Phi) is 9.43. The van der Waals surface area contributed by atoms with Gasteiger partial charge in [0.1, 0.15) is 0 Å². The number of carbonyl (C=O) groups excluding carboxylic acids is 2. The van der Waals surface area contributed by atoms with Gasteiger partial charge in [-0.05, 0) is 72.7 Å². The lowest BCUT2D eigenvalue weighted by Gasteiger charge is -2.24. The number of benzene rings is 3. The number of carbonyl (C=O) groups is 3. The zero-order valence-electron chi connectivity index (χ0n) is 22.2. The van der Waals surface area contributed by atoms with Crippen molar-refractivity contribution in [3.05, 3.63) is 106 Å². The minimum absolute atomic E-state index is 0.127. The normalized spacial score (nSPS) is 13.4. The maximum Gasteiger partial charge on any atom is 0.334 e. The topological polar surface area (TPSA) is 162 Å². The van der Waals surface area contributed by atoms with Crippen molar-refractivity contribution >= 4 is 40.5 Å². The molecule has 3 aromatic rings. The van der Waals surface area contributed by atoms with Gasteiger partial charge in [0.15, 0.2) is 6.10 Å². The number of aliphatic hydroxyl groups is 1. The third-order valence-electron chi connectivity index (χ3n) is 6.69. The Morgan fingerprint density at radius 1 is 1.00 bits per heavy atom. The van der Waals surface area contributed by atoms with Crippen molar-refractivity contribution in [2.75, 3.05) is 16.8 Å². The summed E-state index contributed by atoms with van der Waals surface area (Å²) in [5, 5.41) is 34.4. The Morgan fingerprint density at radius 3 is 2.37 bits per heavy atom. The molecule has 4 N–H and O–H groups in total. The number of carboxylic acids is 1. The summed E-state index contributed by atoms with van der Waals surface area (Å²) in [4.78, 5) is 48.7. The molecule has 4 rings (SSSR count). The van der Waals surface area contributed by atoms with E-state index in [0.29, 0.717) is 11.3 Å². The molecule has 212 valence electrons. The molecule has 0 aromatic heterocycles. The van der Waals surface area contributed by atoms with Crippen molar-refractivity contribution in [2.24, 2.45) is 0 Å². The van der Waals surface area contributed by atoms with Gasteiger partial charge in [-0.2, -0.15) is 0 Å². The first-order valence-electron chi connectivity index (χ1n) is 13.1. The molecular weight excluding hydrogens is 528 g/mol. The Balaban J connectivity index is 1.54. The summed E-state index contributed by atoms with van der Waals surface area (Å²) >= 11 is 0. The maximum absolute atomic E-state index is 13.5. The van der Waals surface area contributed by atoms with E-state index < -0.39 is 35.5 Å². The van der Waals surface area contributed by atoms with Crippen LogP contribution in [-0.4, -0.2) is 45.7 Å². The summed E-state index contributed by atoms with van der Waals surface area (Å²) in [7, 11) is 0. The SMILES string of the molecule is O=C(NC[C@@H](O)C(=O)O)c1ccc(CN(C(=O)Nc2cccc([N+](=O)[O-])c2)c2ccc(C3=CCCCC3)cc2)cc1. The highest BCUT2D eigenvalue weighted by Crippen LogP contribution is 2.29. The van der Waals surface area contributed by atoms with Crippen LogP contribution in [0.1, 0.15) is 47.2 Å². The van der Waals surface area contributed by atoms with E-state index in [1.807, 2.05) is 24.3 Å². The van der Waals surface area contributed by atoms with Crippen LogP contribution in [0.4, 0.5) is 21.9 Å². The fourth-order valence-corrected chi connectivity index (χ4v) is 4.45. The van der Waals surface area contributed by atoms with E-state index in [1.165, 1.54) is 47.2 Å². The number of hydrogen-bond donors (Lipinski definition) is 4. The first-order valence-corrected chi connectivity index (χ1v) is 13.1. The summed E-state index contributed by atoms with van der Waals surface area (Å²) in [5.41, 5.74) is 4.05. The van der Waals surface area contributed by atoms with Crippen molar-refractivity contribution in [1.29, 1.82) is 0 Å². The van der Waals surface area contributed by atoms with Crippen LogP contribution in [0, 0.1) is 10.1 Å². The number of hydrogen-bond acceptors (Lipinski definition) is 6. The van der Waals surface area contributed by atoms with Gasteiger partial charge in [-0.3, -0.25) is 19.8 Å².